The van der Waals surface area contributed by atoms with Crippen molar-refractivity contribution in [2.24, 2.45) is 0 Å². The molecule has 0 aromatic heterocycles. The van der Waals surface area contributed by atoms with Gasteiger partial charge in [0.25, 0.3) is 0 Å². The number of aryl methyl sites for hydroxylation is 1. The maximum atomic E-state index is 12.7. The molecule has 2 heterocycles. The van der Waals surface area contributed by atoms with Gasteiger partial charge in [-0.15, -0.1) is 0 Å². The summed E-state index contributed by atoms with van der Waals surface area (Å²) in [5.41, 5.74) is 1.72. The van der Waals surface area contributed by atoms with Crippen LogP contribution in [0.3, 0.4) is 0 Å². The molecule has 0 bridgehead atoms. The Balaban J connectivity index is 1.25. The molecule has 0 saturated carbocycles. The Morgan fingerprint density at radius 2 is 1.09 bits per heavy atom. The first-order valence-electron chi connectivity index (χ1n) is 12.2. The predicted molar refractivity (Wildman–Crippen MR) is 134 cm³/mol. The molecule has 1 N–H and O–H groups in total. The molecule has 2 aliphatic rings. The van der Waals surface area contributed by atoms with Gasteiger partial charge in [-0.2, -0.15) is 8.61 Å². The standard InChI is InChI=1S/C25H33N3O5S2/c29-25(15-10-21-6-11-23(12-7-21)34(30,31)28-18-4-5-19-28)26-20-22-8-13-24(14-9-22)35(32,33)27-16-2-1-3-17-27/h6-9,11-14H,1-5,10,15-20H2,(H,26,29). The predicted octanol–water partition coefficient (Wildman–Crippen LogP) is 2.89. The van der Waals surface area contributed by atoms with Crippen LogP contribution in [-0.2, 0) is 37.8 Å². The molecule has 2 aromatic carbocycles. The second-order valence-corrected chi connectivity index (χ2v) is 13.0. The number of rotatable bonds is 9. The summed E-state index contributed by atoms with van der Waals surface area (Å²) < 4.78 is 53.8. The van der Waals surface area contributed by atoms with Crippen LogP contribution in [0.15, 0.2) is 58.3 Å². The largest absolute Gasteiger partial charge is 0.352 e. The number of hydrogen-bond acceptors (Lipinski definition) is 5. The van der Waals surface area contributed by atoms with Crippen LogP contribution in [0.5, 0.6) is 0 Å². The number of benzene rings is 2. The van der Waals surface area contributed by atoms with Gasteiger partial charge in [-0.3, -0.25) is 4.79 Å². The third kappa shape index (κ3) is 6.30. The van der Waals surface area contributed by atoms with E-state index in [1.165, 1.54) is 4.31 Å². The number of piperidine rings is 1. The molecule has 190 valence electrons. The van der Waals surface area contributed by atoms with E-state index in [1.807, 2.05) is 0 Å². The topological polar surface area (TPSA) is 104 Å². The summed E-state index contributed by atoms with van der Waals surface area (Å²) in [5.74, 6) is -0.122. The monoisotopic (exact) mass is 519 g/mol. The molecule has 2 aliphatic heterocycles. The molecule has 10 heteroatoms. The molecule has 0 unspecified atom stereocenters. The first-order chi connectivity index (χ1) is 16.8. The Kier molecular flexibility index (Phi) is 8.26. The number of carbonyl (C=O) groups excluding carboxylic acids is 1. The van der Waals surface area contributed by atoms with E-state index in [1.54, 1.807) is 52.8 Å². The van der Waals surface area contributed by atoms with Crippen molar-refractivity contribution in [3.63, 3.8) is 0 Å². The van der Waals surface area contributed by atoms with E-state index in [9.17, 15) is 21.6 Å². The number of hydrogen-bond donors (Lipinski definition) is 1. The molecule has 1 amide bonds. The van der Waals surface area contributed by atoms with Crippen LogP contribution in [0.1, 0.15) is 49.7 Å². The lowest BCUT2D eigenvalue weighted by molar-refractivity contribution is -0.121. The van der Waals surface area contributed by atoms with Crippen molar-refractivity contribution in [3.05, 3.63) is 59.7 Å². The van der Waals surface area contributed by atoms with Crippen LogP contribution >= 0.6 is 0 Å². The lowest BCUT2D eigenvalue weighted by atomic mass is 10.1. The number of sulfonamides is 2. The Morgan fingerprint density at radius 3 is 1.57 bits per heavy atom. The maximum absolute atomic E-state index is 12.7. The molecule has 8 nitrogen and oxygen atoms in total. The summed E-state index contributed by atoms with van der Waals surface area (Å²) in [6, 6.07) is 13.4. The average molecular weight is 520 g/mol. The fraction of sp³-hybridized carbons (Fsp3) is 0.480. The molecule has 2 saturated heterocycles. The molecule has 2 fully saturated rings. The van der Waals surface area contributed by atoms with E-state index in [2.05, 4.69) is 5.32 Å². The summed E-state index contributed by atoms with van der Waals surface area (Å²) in [6.45, 7) is 2.59. The molecular formula is C25H33N3O5S2. The van der Waals surface area contributed by atoms with E-state index >= 15 is 0 Å². The summed E-state index contributed by atoms with van der Waals surface area (Å²) in [5, 5.41) is 2.86. The Hall–Kier alpha value is -2.27. The van der Waals surface area contributed by atoms with Gasteiger partial charge in [0.15, 0.2) is 0 Å². The van der Waals surface area contributed by atoms with Crippen molar-refractivity contribution in [2.45, 2.75) is 61.3 Å². The van der Waals surface area contributed by atoms with E-state index in [0.29, 0.717) is 44.0 Å². The normalized spacial score (nSPS) is 17.9. The highest BCUT2D eigenvalue weighted by molar-refractivity contribution is 7.89. The van der Waals surface area contributed by atoms with Gasteiger partial charge in [0, 0.05) is 39.1 Å². The minimum atomic E-state index is -3.46. The first-order valence-corrected chi connectivity index (χ1v) is 15.1. The quantitative estimate of drug-likeness (QED) is 0.549. The zero-order valence-electron chi connectivity index (χ0n) is 19.9. The van der Waals surface area contributed by atoms with Crippen LogP contribution in [0.4, 0.5) is 0 Å². The van der Waals surface area contributed by atoms with Crippen molar-refractivity contribution in [2.75, 3.05) is 26.2 Å². The van der Waals surface area contributed by atoms with Crippen molar-refractivity contribution in [1.29, 1.82) is 0 Å². The van der Waals surface area contributed by atoms with Crippen molar-refractivity contribution in [3.8, 4) is 0 Å². The van der Waals surface area contributed by atoms with Crippen LogP contribution in [-0.4, -0.2) is 57.5 Å². The van der Waals surface area contributed by atoms with Gasteiger partial charge < -0.3 is 5.32 Å². The smallest absolute Gasteiger partial charge is 0.243 e. The maximum Gasteiger partial charge on any atom is 0.243 e. The molecule has 35 heavy (non-hydrogen) atoms. The van der Waals surface area contributed by atoms with Gasteiger partial charge in [0.2, 0.25) is 26.0 Å². The van der Waals surface area contributed by atoms with Gasteiger partial charge in [0.05, 0.1) is 9.79 Å². The highest BCUT2D eigenvalue weighted by Gasteiger charge is 2.27. The molecule has 4 rings (SSSR count). The molecular weight excluding hydrogens is 486 g/mol. The number of amides is 1. The van der Waals surface area contributed by atoms with Crippen LogP contribution in [0.2, 0.25) is 0 Å². The fourth-order valence-corrected chi connectivity index (χ4v) is 7.52. The second kappa shape index (κ2) is 11.2. The summed E-state index contributed by atoms with van der Waals surface area (Å²) in [7, 11) is -6.89. The SMILES string of the molecule is O=C(CCc1ccc(S(=O)(=O)N2CCCC2)cc1)NCc1ccc(S(=O)(=O)N2CCCCC2)cc1. The van der Waals surface area contributed by atoms with Crippen molar-refractivity contribution < 1.29 is 21.6 Å². The molecule has 0 radical (unpaired) electrons. The average Bonchev–Trinajstić information content (AvgIpc) is 3.43. The zero-order chi connectivity index (χ0) is 24.9. The van der Waals surface area contributed by atoms with E-state index < -0.39 is 20.0 Å². The van der Waals surface area contributed by atoms with Crippen LogP contribution < -0.4 is 5.32 Å². The first kappa shape index (κ1) is 25.8. The van der Waals surface area contributed by atoms with Gasteiger partial charge in [-0.1, -0.05) is 30.7 Å². The minimum absolute atomic E-state index is 0.122. The number of nitrogens with zero attached hydrogens (tertiary/aromatic N) is 2. The third-order valence-corrected chi connectivity index (χ3v) is 10.5. The van der Waals surface area contributed by atoms with E-state index in [0.717, 1.165) is 43.2 Å². The molecule has 0 aliphatic carbocycles. The number of carbonyl (C=O) groups is 1. The van der Waals surface area contributed by atoms with E-state index in [4.69, 9.17) is 0 Å². The Labute approximate surface area is 208 Å². The van der Waals surface area contributed by atoms with Gasteiger partial charge in [0.1, 0.15) is 0 Å². The van der Waals surface area contributed by atoms with Crippen molar-refractivity contribution in [1.82, 2.24) is 13.9 Å². The highest BCUT2D eigenvalue weighted by Crippen LogP contribution is 2.22. The van der Waals surface area contributed by atoms with Gasteiger partial charge in [-0.25, -0.2) is 16.8 Å². The Morgan fingerprint density at radius 1 is 0.657 bits per heavy atom. The molecule has 0 atom stereocenters. The summed E-state index contributed by atoms with van der Waals surface area (Å²) in [6.07, 6.45) is 5.43. The zero-order valence-corrected chi connectivity index (χ0v) is 21.5. The van der Waals surface area contributed by atoms with Crippen molar-refractivity contribution >= 4 is 26.0 Å². The highest BCUT2D eigenvalue weighted by atomic mass is 32.2. The van der Waals surface area contributed by atoms with Crippen LogP contribution in [0.25, 0.3) is 0 Å². The summed E-state index contributed by atoms with van der Waals surface area (Å²) >= 11 is 0. The molecule has 2 aromatic rings. The second-order valence-electron chi connectivity index (χ2n) is 9.14. The lowest BCUT2D eigenvalue weighted by Crippen LogP contribution is -2.35. The summed E-state index contributed by atoms with van der Waals surface area (Å²) in [4.78, 5) is 12.9. The fourth-order valence-electron chi connectivity index (χ4n) is 4.49. The van der Waals surface area contributed by atoms with Gasteiger partial charge >= 0.3 is 0 Å². The van der Waals surface area contributed by atoms with Crippen LogP contribution in [0, 0.1) is 0 Å². The Bertz CT molecular complexity index is 1210. The minimum Gasteiger partial charge on any atom is -0.352 e. The lowest BCUT2D eigenvalue weighted by Gasteiger charge is -2.25. The number of nitrogens with one attached hydrogen (secondary N) is 1. The van der Waals surface area contributed by atoms with Gasteiger partial charge in [-0.05, 0) is 67.5 Å². The third-order valence-electron chi connectivity index (χ3n) is 6.63. The molecule has 0 spiro atoms. The van der Waals surface area contributed by atoms with E-state index in [-0.39, 0.29) is 17.2 Å².